The molecular weight excluding hydrogens is 507 g/mol. The summed E-state index contributed by atoms with van der Waals surface area (Å²) in [5, 5.41) is 1.81. The minimum absolute atomic E-state index is 0.0657. The van der Waals surface area contributed by atoms with Crippen molar-refractivity contribution in [3.63, 3.8) is 0 Å². The number of hydrogen-bond acceptors (Lipinski definition) is 2. The molecule has 184 valence electrons. The molecule has 0 heterocycles. The maximum Gasteiger partial charge on any atom is 0.405 e. The van der Waals surface area contributed by atoms with Crippen molar-refractivity contribution in [2.45, 2.75) is 38.0 Å². The van der Waals surface area contributed by atoms with Crippen LogP contribution in [0.1, 0.15) is 45.8 Å². The summed E-state index contributed by atoms with van der Waals surface area (Å²) in [6.45, 7) is 0.0761. The normalized spacial score (nSPS) is 13.2. The lowest BCUT2D eigenvalue weighted by Crippen LogP contribution is -2.33. The number of aryl methyl sites for hydroxylation is 1. The van der Waals surface area contributed by atoms with Gasteiger partial charge in [0.05, 0.1) is 5.92 Å². The number of carbonyl (C=O) groups excluding carboxylic acids is 2. The summed E-state index contributed by atoms with van der Waals surface area (Å²) in [6, 6.07) is 7.99. The number of nitrogens with one attached hydrogen (secondary N) is 1. The summed E-state index contributed by atoms with van der Waals surface area (Å²) in [6.07, 6.45) is -7.70. The zero-order valence-electron chi connectivity index (χ0n) is 17.7. The van der Waals surface area contributed by atoms with Crippen LogP contribution in [-0.2, 0) is 4.79 Å². The lowest BCUT2D eigenvalue weighted by Gasteiger charge is -2.18. The van der Waals surface area contributed by atoms with Gasteiger partial charge in [0, 0.05) is 28.5 Å². The lowest BCUT2D eigenvalue weighted by atomic mass is 9.95. The largest absolute Gasteiger partial charge is 0.405 e. The summed E-state index contributed by atoms with van der Waals surface area (Å²) < 4.78 is 77.2. The SMILES string of the molecule is Cc1cc(/C=C/C(c2cc(Cl)cc(Cl)c2)C(F)(F)F)ccc1C(=O)CCC(=O)NCC(F)(F)F. The highest BCUT2D eigenvalue weighted by Crippen LogP contribution is 2.38. The minimum atomic E-state index is -4.61. The number of benzene rings is 2. The third-order valence-corrected chi connectivity index (χ3v) is 5.13. The molecule has 0 bridgehead atoms. The Morgan fingerprint density at radius 1 is 0.971 bits per heavy atom. The highest BCUT2D eigenvalue weighted by Gasteiger charge is 2.39. The lowest BCUT2D eigenvalue weighted by molar-refractivity contribution is -0.139. The number of halogens is 8. The van der Waals surface area contributed by atoms with E-state index in [1.165, 1.54) is 42.5 Å². The number of rotatable bonds is 8. The molecule has 3 nitrogen and oxygen atoms in total. The molecule has 0 aliphatic carbocycles. The topological polar surface area (TPSA) is 46.2 Å². The average molecular weight is 526 g/mol. The van der Waals surface area contributed by atoms with Crippen LogP contribution in [0.4, 0.5) is 26.3 Å². The molecule has 0 aliphatic rings. The van der Waals surface area contributed by atoms with E-state index in [1.807, 2.05) is 0 Å². The quantitative estimate of drug-likeness (QED) is 0.290. The average Bonchev–Trinajstić information content (AvgIpc) is 2.68. The first kappa shape index (κ1) is 27.7. The Bertz CT molecular complexity index is 1060. The fraction of sp³-hybridized carbons (Fsp3) is 0.304. The second kappa shape index (κ2) is 11.3. The summed E-state index contributed by atoms with van der Waals surface area (Å²) in [5.41, 5.74) is 0.917. The Balaban J connectivity index is 2.12. The maximum atomic E-state index is 13.6. The Morgan fingerprint density at radius 3 is 2.12 bits per heavy atom. The van der Waals surface area contributed by atoms with Crippen molar-refractivity contribution in [2.75, 3.05) is 6.54 Å². The summed E-state index contributed by atoms with van der Waals surface area (Å²) >= 11 is 11.7. The van der Waals surface area contributed by atoms with Crippen molar-refractivity contribution in [1.29, 1.82) is 0 Å². The standard InChI is InChI=1S/C23H19Cl2F6NO2/c1-13-8-14(2-4-18(13)20(33)6-7-21(34)32-12-22(26,27)28)3-5-19(23(29,30)31)15-9-16(24)11-17(25)10-15/h2-5,8-11,19H,6-7,12H2,1H3,(H,32,34)/b5-3+. The van der Waals surface area contributed by atoms with Crippen molar-refractivity contribution in [1.82, 2.24) is 5.32 Å². The molecule has 1 amide bonds. The predicted molar refractivity (Wildman–Crippen MR) is 118 cm³/mol. The zero-order valence-corrected chi connectivity index (χ0v) is 19.2. The monoisotopic (exact) mass is 525 g/mol. The van der Waals surface area contributed by atoms with Gasteiger partial charge in [0.2, 0.25) is 5.91 Å². The van der Waals surface area contributed by atoms with E-state index < -0.39 is 42.9 Å². The van der Waals surface area contributed by atoms with Crippen molar-refractivity contribution in [3.8, 4) is 0 Å². The van der Waals surface area contributed by atoms with Crippen LogP contribution in [0, 0.1) is 6.92 Å². The number of hydrogen-bond donors (Lipinski definition) is 1. The molecule has 0 aliphatic heterocycles. The maximum absolute atomic E-state index is 13.6. The molecule has 0 fully saturated rings. The smallest absolute Gasteiger partial charge is 0.347 e. The zero-order chi connectivity index (χ0) is 25.7. The molecule has 2 aromatic rings. The molecule has 11 heteroatoms. The van der Waals surface area contributed by atoms with Gasteiger partial charge < -0.3 is 5.32 Å². The van der Waals surface area contributed by atoms with Gasteiger partial charge in [-0.25, -0.2) is 0 Å². The van der Waals surface area contributed by atoms with Crippen LogP contribution in [0.25, 0.3) is 6.08 Å². The van der Waals surface area contributed by atoms with Crippen molar-refractivity contribution >= 4 is 41.0 Å². The first-order valence-electron chi connectivity index (χ1n) is 9.84. The van der Waals surface area contributed by atoms with Crippen LogP contribution >= 0.6 is 23.2 Å². The third kappa shape index (κ3) is 8.68. The van der Waals surface area contributed by atoms with E-state index in [1.54, 1.807) is 12.2 Å². The molecule has 1 unspecified atom stereocenters. The Labute approximate surface area is 201 Å². The van der Waals surface area contributed by atoms with Gasteiger partial charge in [-0.2, -0.15) is 26.3 Å². The van der Waals surface area contributed by atoms with Gasteiger partial charge in [0.1, 0.15) is 6.54 Å². The summed E-state index contributed by atoms with van der Waals surface area (Å²) in [7, 11) is 0. The fourth-order valence-corrected chi connectivity index (χ4v) is 3.67. The molecule has 0 saturated carbocycles. The van der Waals surface area contributed by atoms with Gasteiger partial charge in [0.15, 0.2) is 5.78 Å². The number of allylic oxidation sites excluding steroid dienone is 1. The molecule has 1 N–H and O–H groups in total. The highest BCUT2D eigenvalue weighted by atomic mass is 35.5. The number of ketones is 1. The molecule has 0 aromatic heterocycles. The Morgan fingerprint density at radius 2 is 1.59 bits per heavy atom. The van der Waals surface area contributed by atoms with E-state index in [2.05, 4.69) is 0 Å². The first-order valence-corrected chi connectivity index (χ1v) is 10.6. The van der Waals surface area contributed by atoms with Gasteiger partial charge in [-0.15, -0.1) is 0 Å². The second-order valence-corrected chi connectivity index (χ2v) is 8.34. The first-order chi connectivity index (χ1) is 15.7. The van der Waals surface area contributed by atoms with Crippen LogP contribution in [0.3, 0.4) is 0 Å². The highest BCUT2D eigenvalue weighted by molar-refractivity contribution is 6.34. The molecule has 1 atom stereocenters. The number of alkyl halides is 6. The van der Waals surface area contributed by atoms with E-state index in [9.17, 15) is 35.9 Å². The van der Waals surface area contributed by atoms with Crippen molar-refractivity contribution < 1.29 is 35.9 Å². The molecule has 0 spiro atoms. The number of carbonyl (C=O) groups is 2. The number of Topliss-reactive ketones (excluding diaryl/α,β-unsaturated/α-hetero) is 1. The van der Waals surface area contributed by atoms with Crippen LogP contribution in [0.15, 0.2) is 42.5 Å². The summed E-state index contributed by atoms with van der Waals surface area (Å²) in [4.78, 5) is 23.8. The van der Waals surface area contributed by atoms with E-state index in [-0.39, 0.29) is 27.6 Å². The van der Waals surface area contributed by atoms with E-state index in [0.717, 1.165) is 6.08 Å². The summed E-state index contributed by atoms with van der Waals surface area (Å²) in [5.74, 6) is -3.36. The predicted octanol–water partition coefficient (Wildman–Crippen LogP) is 7.30. The van der Waals surface area contributed by atoms with Crippen LogP contribution in [-0.4, -0.2) is 30.6 Å². The molecule has 2 rings (SSSR count). The third-order valence-electron chi connectivity index (χ3n) is 4.69. The van der Waals surface area contributed by atoms with Crippen molar-refractivity contribution in [3.05, 3.63) is 74.8 Å². The molecule has 0 radical (unpaired) electrons. The molecular formula is C23H19Cl2F6NO2. The second-order valence-electron chi connectivity index (χ2n) is 7.47. The molecule has 2 aromatic carbocycles. The molecule has 0 saturated heterocycles. The number of amides is 1. The van der Waals surface area contributed by atoms with Gasteiger partial charge in [-0.05, 0) is 41.8 Å². The van der Waals surface area contributed by atoms with Crippen LogP contribution in [0.5, 0.6) is 0 Å². The van der Waals surface area contributed by atoms with E-state index >= 15 is 0 Å². The minimum Gasteiger partial charge on any atom is -0.347 e. The van der Waals surface area contributed by atoms with Crippen LogP contribution < -0.4 is 5.32 Å². The fourth-order valence-electron chi connectivity index (χ4n) is 3.12. The Hall–Kier alpha value is -2.52. The van der Waals surface area contributed by atoms with Gasteiger partial charge in [0.25, 0.3) is 0 Å². The van der Waals surface area contributed by atoms with Gasteiger partial charge in [-0.3, -0.25) is 9.59 Å². The van der Waals surface area contributed by atoms with E-state index in [4.69, 9.17) is 23.2 Å². The molecule has 34 heavy (non-hydrogen) atoms. The van der Waals surface area contributed by atoms with Gasteiger partial charge in [-0.1, -0.05) is 53.6 Å². The van der Waals surface area contributed by atoms with Crippen molar-refractivity contribution in [2.24, 2.45) is 0 Å². The van der Waals surface area contributed by atoms with Crippen LogP contribution in [0.2, 0.25) is 10.0 Å². The van der Waals surface area contributed by atoms with Gasteiger partial charge >= 0.3 is 12.4 Å². The van der Waals surface area contributed by atoms with E-state index in [0.29, 0.717) is 11.1 Å². The Kier molecular flexibility index (Phi) is 9.19.